The zero-order valence-corrected chi connectivity index (χ0v) is 18.2. The van der Waals surface area contributed by atoms with E-state index in [0.717, 1.165) is 37.2 Å². The van der Waals surface area contributed by atoms with Crippen LogP contribution < -0.4 is 10.6 Å². The summed E-state index contributed by atoms with van der Waals surface area (Å²) < 4.78 is 1.73. The van der Waals surface area contributed by atoms with E-state index in [1.54, 1.807) is 16.8 Å². The average molecular weight is 426 g/mol. The summed E-state index contributed by atoms with van der Waals surface area (Å²) in [6.45, 7) is 3.52. The summed E-state index contributed by atoms with van der Waals surface area (Å²) >= 11 is 0. The lowest BCUT2D eigenvalue weighted by molar-refractivity contribution is -0.122. The number of aliphatic hydroxyl groups is 1. The van der Waals surface area contributed by atoms with Crippen molar-refractivity contribution in [3.05, 3.63) is 53.3 Å². The Bertz CT molecular complexity index is 942. The van der Waals surface area contributed by atoms with Crippen LogP contribution in [0.2, 0.25) is 0 Å². The predicted molar refractivity (Wildman–Crippen MR) is 116 cm³/mol. The molecule has 0 atom stereocenters. The molecule has 2 heterocycles. The van der Waals surface area contributed by atoms with E-state index in [-0.39, 0.29) is 24.4 Å². The summed E-state index contributed by atoms with van der Waals surface area (Å²) in [6.07, 6.45) is 5.10. The Balaban J connectivity index is 1.16. The molecule has 1 aromatic carbocycles. The number of amides is 2. The standard InChI is InChI=1S/C23H31N5O3/c1-16-4-3-5-17(12-16)22(30)24-13-21(29)25-18-14-28(15-18)19-6-9-23(31,10-7-19)20-8-11-27(2)26-20/h3-5,8,11-12,18-19,31H,6-7,9-10,13-15H2,1-2H3,(H,24,30)(H,25,29)/t19-,23-. The Kier molecular flexibility index (Phi) is 6.11. The first-order valence-corrected chi connectivity index (χ1v) is 10.9. The van der Waals surface area contributed by atoms with Crippen LogP contribution >= 0.6 is 0 Å². The van der Waals surface area contributed by atoms with Crippen LogP contribution in [0.25, 0.3) is 0 Å². The summed E-state index contributed by atoms with van der Waals surface area (Å²) in [5.41, 5.74) is 1.50. The molecule has 31 heavy (non-hydrogen) atoms. The normalized spacial score (nSPS) is 24.4. The molecule has 3 N–H and O–H groups in total. The molecule has 1 saturated heterocycles. The molecule has 2 aromatic rings. The number of rotatable bonds is 6. The summed E-state index contributed by atoms with van der Waals surface area (Å²) in [7, 11) is 1.86. The fourth-order valence-electron chi connectivity index (χ4n) is 4.59. The lowest BCUT2D eigenvalue weighted by Gasteiger charge is -2.48. The molecule has 8 heteroatoms. The minimum absolute atomic E-state index is 0.0240. The molecule has 166 valence electrons. The van der Waals surface area contributed by atoms with Crippen LogP contribution in [-0.4, -0.2) is 63.3 Å². The maximum absolute atomic E-state index is 12.2. The fraction of sp³-hybridized carbons (Fsp3) is 0.522. The highest BCUT2D eigenvalue weighted by atomic mass is 16.3. The van der Waals surface area contributed by atoms with Gasteiger partial charge in [0.25, 0.3) is 5.91 Å². The zero-order chi connectivity index (χ0) is 22.0. The lowest BCUT2D eigenvalue weighted by atomic mass is 9.79. The van der Waals surface area contributed by atoms with Gasteiger partial charge in [0.1, 0.15) is 5.60 Å². The number of carbonyl (C=O) groups excluding carboxylic acids is 2. The molecule has 1 aliphatic heterocycles. The number of hydrogen-bond acceptors (Lipinski definition) is 5. The van der Waals surface area contributed by atoms with Crippen LogP contribution in [0.5, 0.6) is 0 Å². The third kappa shape index (κ3) is 4.97. The Morgan fingerprint density at radius 2 is 1.97 bits per heavy atom. The molecule has 2 amide bonds. The van der Waals surface area contributed by atoms with Gasteiger partial charge in [-0.15, -0.1) is 0 Å². The van der Waals surface area contributed by atoms with Gasteiger partial charge in [-0.2, -0.15) is 5.10 Å². The maximum atomic E-state index is 12.2. The van der Waals surface area contributed by atoms with Gasteiger partial charge in [-0.05, 0) is 50.8 Å². The van der Waals surface area contributed by atoms with Crippen LogP contribution in [-0.2, 0) is 17.4 Å². The van der Waals surface area contributed by atoms with E-state index in [2.05, 4.69) is 20.6 Å². The van der Waals surface area contributed by atoms with E-state index in [1.165, 1.54) is 0 Å². The van der Waals surface area contributed by atoms with Crippen LogP contribution in [0.3, 0.4) is 0 Å². The molecule has 4 rings (SSSR count). The van der Waals surface area contributed by atoms with E-state index in [9.17, 15) is 14.7 Å². The third-order valence-corrected chi connectivity index (χ3v) is 6.45. The number of hydrogen-bond donors (Lipinski definition) is 3. The number of aromatic nitrogens is 2. The smallest absolute Gasteiger partial charge is 0.251 e. The number of nitrogens with zero attached hydrogens (tertiary/aromatic N) is 3. The van der Waals surface area contributed by atoms with Gasteiger partial charge in [-0.3, -0.25) is 19.2 Å². The highest BCUT2D eigenvalue weighted by molar-refractivity contribution is 5.96. The first-order valence-electron chi connectivity index (χ1n) is 10.9. The predicted octanol–water partition coefficient (Wildman–Crippen LogP) is 1.09. The molecular formula is C23H31N5O3. The van der Waals surface area contributed by atoms with Crippen molar-refractivity contribution >= 4 is 11.8 Å². The first kappa shape index (κ1) is 21.5. The molecular weight excluding hydrogens is 394 g/mol. The largest absolute Gasteiger partial charge is 0.383 e. The summed E-state index contributed by atoms with van der Waals surface area (Å²) in [4.78, 5) is 26.7. The third-order valence-electron chi connectivity index (χ3n) is 6.45. The van der Waals surface area contributed by atoms with E-state index < -0.39 is 5.60 Å². The van der Waals surface area contributed by atoms with Crippen molar-refractivity contribution < 1.29 is 14.7 Å². The van der Waals surface area contributed by atoms with Gasteiger partial charge in [0.15, 0.2) is 0 Å². The average Bonchev–Trinajstić information content (AvgIpc) is 3.17. The first-order chi connectivity index (χ1) is 14.8. The molecule has 2 aliphatic rings. The van der Waals surface area contributed by atoms with E-state index in [0.29, 0.717) is 24.4 Å². The minimum atomic E-state index is -0.828. The Morgan fingerprint density at radius 3 is 2.61 bits per heavy atom. The van der Waals surface area contributed by atoms with Crippen LogP contribution in [0.4, 0.5) is 0 Å². The van der Waals surface area contributed by atoms with Gasteiger partial charge in [0.05, 0.1) is 18.3 Å². The van der Waals surface area contributed by atoms with Gasteiger partial charge >= 0.3 is 0 Å². The molecule has 8 nitrogen and oxygen atoms in total. The zero-order valence-electron chi connectivity index (χ0n) is 18.2. The van der Waals surface area contributed by atoms with Gasteiger partial charge in [0.2, 0.25) is 5.91 Å². The van der Waals surface area contributed by atoms with E-state index in [4.69, 9.17) is 0 Å². The van der Waals surface area contributed by atoms with Crippen molar-refractivity contribution in [2.45, 2.75) is 50.3 Å². The van der Waals surface area contributed by atoms with Crippen molar-refractivity contribution in [1.82, 2.24) is 25.3 Å². The Labute approximate surface area is 182 Å². The molecule has 1 aromatic heterocycles. The number of likely N-dealkylation sites (tertiary alicyclic amines) is 1. The molecule has 1 aliphatic carbocycles. The molecule has 0 spiro atoms. The van der Waals surface area contributed by atoms with Gasteiger partial charge in [0, 0.05) is 37.9 Å². The lowest BCUT2D eigenvalue weighted by Crippen LogP contribution is -2.63. The van der Waals surface area contributed by atoms with Crippen molar-refractivity contribution in [3.63, 3.8) is 0 Å². The molecule has 0 bridgehead atoms. The van der Waals surface area contributed by atoms with Gasteiger partial charge < -0.3 is 15.7 Å². The second-order valence-electron chi connectivity index (χ2n) is 8.91. The van der Waals surface area contributed by atoms with Crippen molar-refractivity contribution in [3.8, 4) is 0 Å². The fourth-order valence-corrected chi connectivity index (χ4v) is 4.59. The topological polar surface area (TPSA) is 99.5 Å². The SMILES string of the molecule is Cc1cccc(C(=O)NCC(=O)NC2CN([C@H]3CC[C@@](O)(c4ccn(C)n4)CC3)C2)c1. The summed E-state index contributed by atoms with van der Waals surface area (Å²) in [5, 5.41) is 21.0. The Morgan fingerprint density at radius 1 is 1.23 bits per heavy atom. The second-order valence-corrected chi connectivity index (χ2v) is 8.91. The van der Waals surface area contributed by atoms with Gasteiger partial charge in [-0.1, -0.05) is 17.7 Å². The highest BCUT2D eigenvalue weighted by Gasteiger charge is 2.41. The maximum Gasteiger partial charge on any atom is 0.251 e. The highest BCUT2D eigenvalue weighted by Crippen LogP contribution is 2.38. The van der Waals surface area contributed by atoms with Crippen LogP contribution in [0.1, 0.15) is 47.3 Å². The number of aryl methyl sites for hydroxylation is 2. The summed E-state index contributed by atoms with van der Waals surface area (Å²) in [6, 6.07) is 9.73. The molecule has 0 unspecified atom stereocenters. The minimum Gasteiger partial charge on any atom is -0.383 e. The number of benzene rings is 1. The molecule has 0 radical (unpaired) electrons. The molecule has 2 fully saturated rings. The van der Waals surface area contributed by atoms with Crippen molar-refractivity contribution in [1.29, 1.82) is 0 Å². The van der Waals surface area contributed by atoms with E-state index >= 15 is 0 Å². The monoisotopic (exact) mass is 425 g/mol. The quantitative estimate of drug-likeness (QED) is 0.643. The van der Waals surface area contributed by atoms with Crippen LogP contribution in [0.15, 0.2) is 36.5 Å². The second kappa shape index (κ2) is 8.80. The van der Waals surface area contributed by atoms with E-state index in [1.807, 2.05) is 38.4 Å². The van der Waals surface area contributed by atoms with Crippen LogP contribution in [0, 0.1) is 6.92 Å². The Hall–Kier alpha value is -2.71. The van der Waals surface area contributed by atoms with Crippen molar-refractivity contribution in [2.24, 2.45) is 7.05 Å². The van der Waals surface area contributed by atoms with Gasteiger partial charge in [-0.25, -0.2) is 0 Å². The van der Waals surface area contributed by atoms with Crippen molar-refractivity contribution in [2.75, 3.05) is 19.6 Å². The number of nitrogens with one attached hydrogen (secondary N) is 2. The summed E-state index contributed by atoms with van der Waals surface area (Å²) in [5.74, 6) is -0.407. The molecule has 1 saturated carbocycles. The number of carbonyl (C=O) groups is 2.